The van der Waals surface area contributed by atoms with E-state index in [4.69, 9.17) is 11.6 Å². The van der Waals surface area contributed by atoms with E-state index in [9.17, 15) is 9.59 Å². The fourth-order valence-corrected chi connectivity index (χ4v) is 6.75. The Labute approximate surface area is 256 Å². The number of rotatable bonds is 8. The Morgan fingerprint density at radius 2 is 1.50 bits per heavy atom. The molecule has 8 heteroatoms. The molecule has 6 rings (SSSR count). The average molecular weight is 597 g/mol. The second-order valence-corrected chi connectivity index (χ2v) is 12.2. The molecule has 0 aromatic heterocycles. The topological polar surface area (TPSA) is 55.9 Å². The van der Waals surface area contributed by atoms with Gasteiger partial charge in [0, 0.05) is 66.2 Å². The number of amides is 2. The van der Waals surface area contributed by atoms with Crippen LogP contribution in [0.2, 0.25) is 5.02 Å². The third-order valence-corrected chi connectivity index (χ3v) is 9.13. The van der Waals surface area contributed by atoms with Gasteiger partial charge < -0.3 is 10.2 Å². The summed E-state index contributed by atoms with van der Waals surface area (Å²) >= 11 is 7.81. The van der Waals surface area contributed by atoms with Crippen molar-refractivity contribution in [1.29, 1.82) is 0 Å². The average Bonchev–Trinajstić information content (AvgIpc) is 3.12. The number of fused-ring (bicyclic) bond motifs is 2. The van der Waals surface area contributed by atoms with Gasteiger partial charge in [0.25, 0.3) is 11.8 Å². The molecule has 4 aromatic rings. The van der Waals surface area contributed by atoms with Crippen molar-refractivity contribution < 1.29 is 9.59 Å². The first-order chi connectivity index (χ1) is 20.5. The molecule has 2 heterocycles. The van der Waals surface area contributed by atoms with Gasteiger partial charge in [-0.15, -0.1) is 0 Å². The van der Waals surface area contributed by atoms with Gasteiger partial charge in [0.2, 0.25) is 0 Å². The minimum Gasteiger partial charge on any atom is -0.351 e. The normalized spacial score (nSPS) is 15.5. The number of piperazine rings is 1. The van der Waals surface area contributed by atoms with Gasteiger partial charge in [0.15, 0.2) is 0 Å². The zero-order chi connectivity index (χ0) is 28.9. The Kier molecular flexibility index (Phi) is 8.91. The van der Waals surface area contributed by atoms with Gasteiger partial charge in [-0.1, -0.05) is 78.0 Å². The smallest absolute Gasteiger partial charge is 0.259 e. The zero-order valence-electron chi connectivity index (χ0n) is 23.3. The maximum absolute atomic E-state index is 13.8. The van der Waals surface area contributed by atoms with Crippen molar-refractivity contribution in [3.63, 3.8) is 0 Å². The van der Waals surface area contributed by atoms with Crippen LogP contribution in [0.4, 0.5) is 5.69 Å². The van der Waals surface area contributed by atoms with E-state index in [2.05, 4.69) is 45.4 Å². The van der Waals surface area contributed by atoms with Crippen LogP contribution in [0, 0.1) is 0 Å². The van der Waals surface area contributed by atoms with Gasteiger partial charge in [-0.25, -0.2) is 0 Å². The highest BCUT2D eigenvalue weighted by Gasteiger charge is 2.28. The summed E-state index contributed by atoms with van der Waals surface area (Å²) < 4.78 is 0. The van der Waals surface area contributed by atoms with E-state index >= 15 is 0 Å². The third-order valence-electron chi connectivity index (χ3n) is 7.75. The first-order valence-electron chi connectivity index (χ1n) is 14.3. The summed E-state index contributed by atoms with van der Waals surface area (Å²) in [6, 6.07) is 31.4. The first kappa shape index (κ1) is 28.5. The van der Waals surface area contributed by atoms with Gasteiger partial charge in [0.05, 0.1) is 17.8 Å². The van der Waals surface area contributed by atoms with Crippen molar-refractivity contribution in [2.24, 2.45) is 0 Å². The van der Waals surface area contributed by atoms with Crippen molar-refractivity contribution >= 4 is 40.9 Å². The number of carbonyl (C=O) groups excluding carboxylic acids is 2. The van der Waals surface area contributed by atoms with E-state index in [0.717, 1.165) is 60.3 Å². The van der Waals surface area contributed by atoms with Crippen LogP contribution in [-0.2, 0) is 13.1 Å². The van der Waals surface area contributed by atoms with Crippen LogP contribution in [0.5, 0.6) is 0 Å². The fraction of sp³-hybridized carbons (Fsp3) is 0.235. The minimum absolute atomic E-state index is 0.0965. The second-order valence-electron chi connectivity index (χ2n) is 10.7. The molecule has 4 aromatic carbocycles. The van der Waals surface area contributed by atoms with Crippen LogP contribution in [0.15, 0.2) is 107 Å². The number of nitrogens with zero attached hydrogens (tertiary/aromatic N) is 3. The highest BCUT2D eigenvalue weighted by molar-refractivity contribution is 7.99. The Hall–Kier alpha value is -3.62. The summed E-state index contributed by atoms with van der Waals surface area (Å²) in [5.41, 5.74) is 4.18. The lowest BCUT2D eigenvalue weighted by Gasteiger charge is -2.34. The second kappa shape index (κ2) is 13.1. The molecule has 2 aliphatic rings. The van der Waals surface area contributed by atoms with Crippen molar-refractivity contribution in [2.45, 2.75) is 22.9 Å². The monoisotopic (exact) mass is 596 g/mol. The molecular formula is C34H33ClN4O2S. The Balaban J connectivity index is 1.11. The Morgan fingerprint density at radius 1 is 0.762 bits per heavy atom. The van der Waals surface area contributed by atoms with E-state index in [1.54, 1.807) is 16.7 Å². The summed E-state index contributed by atoms with van der Waals surface area (Å²) in [6.07, 6.45) is 0. The van der Waals surface area contributed by atoms with Crippen molar-refractivity contribution in [2.75, 3.05) is 44.2 Å². The molecule has 1 saturated heterocycles. The molecule has 1 fully saturated rings. The molecule has 2 amide bonds. The largest absolute Gasteiger partial charge is 0.351 e. The van der Waals surface area contributed by atoms with Crippen molar-refractivity contribution in [3.8, 4) is 0 Å². The number of hydrogen-bond acceptors (Lipinski definition) is 5. The number of benzene rings is 4. The lowest BCUT2D eigenvalue weighted by Crippen LogP contribution is -2.48. The molecule has 2 aliphatic heterocycles. The molecule has 0 spiro atoms. The van der Waals surface area contributed by atoms with E-state index < -0.39 is 0 Å². The molecule has 214 valence electrons. The predicted octanol–water partition coefficient (Wildman–Crippen LogP) is 6.20. The Bertz CT molecular complexity index is 1570. The van der Waals surface area contributed by atoms with Gasteiger partial charge in [-0.3, -0.25) is 19.4 Å². The van der Waals surface area contributed by atoms with Gasteiger partial charge in [0.1, 0.15) is 0 Å². The standard InChI is InChI=1S/C34H33ClN4O2S/c35-28-10-6-9-26(21-28)24-39-30-22-27(13-14-32(30)42-31-12-5-4-11-29(31)34(39)41)33(40)36-15-16-37-17-19-38(20-18-37)23-25-7-2-1-3-8-25/h1-14,21-22H,15-20,23-24H2,(H,36,40). The van der Waals surface area contributed by atoms with Crippen LogP contribution in [0.3, 0.4) is 0 Å². The van der Waals surface area contributed by atoms with E-state index in [1.165, 1.54) is 5.56 Å². The highest BCUT2D eigenvalue weighted by Crippen LogP contribution is 2.42. The van der Waals surface area contributed by atoms with Gasteiger partial charge >= 0.3 is 0 Å². The molecular weight excluding hydrogens is 564 g/mol. The third kappa shape index (κ3) is 6.71. The van der Waals surface area contributed by atoms with Crippen LogP contribution < -0.4 is 10.2 Å². The number of carbonyl (C=O) groups is 2. The van der Waals surface area contributed by atoms with Gasteiger partial charge in [-0.05, 0) is 53.6 Å². The van der Waals surface area contributed by atoms with Crippen molar-refractivity contribution in [3.05, 3.63) is 124 Å². The summed E-state index contributed by atoms with van der Waals surface area (Å²) in [6.45, 7) is 6.71. The molecule has 0 saturated carbocycles. The van der Waals surface area contributed by atoms with E-state index in [-0.39, 0.29) is 11.8 Å². The van der Waals surface area contributed by atoms with Crippen LogP contribution in [-0.4, -0.2) is 60.9 Å². The number of halogens is 1. The number of hydrogen-bond donors (Lipinski definition) is 1. The lowest BCUT2D eigenvalue weighted by molar-refractivity contribution is 0.0932. The van der Waals surface area contributed by atoms with Crippen LogP contribution in [0.25, 0.3) is 0 Å². The lowest BCUT2D eigenvalue weighted by atomic mass is 10.1. The summed E-state index contributed by atoms with van der Waals surface area (Å²) in [5, 5.41) is 3.72. The van der Waals surface area contributed by atoms with Crippen LogP contribution in [0.1, 0.15) is 31.8 Å². The summed E-state index contributed by atoms with van der Waals surface area (Å²) in [4.78, 5) is 35.5. The minimum atomic E-state index is -0.137. The molecule has 0 aliphatic carbocycles. The molecule has 6 nitrogen and oxygen atoms in total. The molecule has 0 unspecified atom stereocenters. The highest BCUT2D eigenvalue weighted by atomic mass is 35.5. The van der Waals surface area contributed by atoms with Gasteiger partial charge in [-0.2, -0.15) is 0 Å². The first-order valence-corrected chi connectivity index (χ1v) is 15.5. The molecule has 0 radical (unpaired) electrons. The quantitative estimate of drug-likeness (QED) is 0.262. The number of anilines is 1. The predicted molar refractivity (Wildman–Crippen MR) is 169 cm³/mol. The van der Waals surface area contributed by atoms with Crippen molar-refractivity contribution in [1.82, 2.24) is 15.1 Å². The number of nitrogens with one attached hydrogen (secondary N) is 1. The van der Waals surface area contributed by atoms with Crippen LogP contribution >= 0.6 is 23.4 Å². The molecule has 0 bridgehead atoms. The maximum Gasteiger partial charge on any atom is 0.259 e. The maximum atomic E-state index is 13.8. The summed E-state index contributed by atoms with van der Waals surface area (Å²) in [7, 11) is 0. The molecule has 0 atom stereocenters. The fourth-order valence-electron chi connectivity index (χ4n) is 5.48. The summed E-state index contributed by atoms with van der Waals surface area (Å²) in [5.74, 6) is -0.233. The molecule has 42 heavy (non-hydrogen) atoms. The zero-order valence-corrected chi connectivity index (χ0v) is 24.9. The van der Waals surface area contributed by atoms with E-state index in [1.807, 2.05) is 66.7 Å². The Morgan fingerprint density at radius 3 is 2.31 bits per heavy atom. The molecule has 1 N–H and O–H groups in total. The SMILES string of the molecule is O=C(NCCN1CCN(Cc2ccccc2)CC1)c1ccc2c(c1)N(Cc1cccc(Cl)c1)C(=O)c1ccccc1S2. The van der Waals surface area contributed by atoms with E-state index in [0.29, 0.717) is 29.2 Å².